The minimum Gasteiger partial charge on any atom is -0.359 e. The largest absolute Gasteiger partial charge is 0.359 e. The van der Waals surface area contributed by atoms with E-state index in [0.717, 1.165) is 25.8 Å². The van der Waals surface area contributed by atoms with Crippen LogP contribution in [0.25, 0.3) is 0 Å². The highest BCUT2D eigenvalue weighted by molar-refractivity contribution is 7.80. The number of nitrogens with one attached hydrogen (secondary N) is 2. The van der Waals surface area contributed by atoms with Crippen LogP contribution in [0.2, 0.25) is 0 Å². The molecule has 22 heavy (non-hydrogen) atoms. The van der Waals surface area contributed by atoms with Crippen LogP contribution in [-0.4, -0.2) is 18.2 Å². The third kappa shape index (κ3) is 13.6. The zero-order valence-electron chi connectivity index (χ0n) is 14.7. The SMILES string of the molecule is C=CCNC(=S)NC/C=C(\C)CC/C=C(\C)CCC=C(C)C. The van der Waals surface area contributed by atoms with Crippen molar-refractivity contribution in [3.63, 3.8) is 0 Å². The summed E-state index contributed by atoms with van der Waals surface area (Å²) in [4.78, 5) is 0. The molecule has 0 unspecified atom stereocenters. The highest BCUT2D eigenvalue weighted by atomic mass is 32.1. The molecule has 0 aliphatic carbocycles. The van der Waals surface area contributed by atoms with Crippen LogP contribution in [0.5, 0.6) is 0 Å². The van der Waals surface area contributed by atoms with E-state index in [2.05, 4.69) is 63.1 Å². The third-order valence-corrected chi connectivity index (χ3v) is 3.53. The molecule has 3 heteroatoms. The van der Waals surface area contributed by atoms with Crippen molar-refractivity contribution in [1.29, 1.82) is 0 Å². The molecule has 0 aromatic heterocycles. The van der Waals surface area contributed by atoms with Crippen LogP contribution >= 0.6 is 12.2 Å². The molecule has 0 saturated heterocycles. The molecule has 0 fully saturated rings. The van der Waals surface area contributed by atoms with Crippen LogP contribution in [0, 0.1) is 0 Å². The number of hydrogen-bond donors (Lipinski definition) is 2. The first kappa shape index (κ1) is 20.6. The van der Waals surface area contributed by atoms with Crippen LogP contribution in [0.15, 0.2) is 47.6 Å². The summed E-state index contributed by atoms with van der Waals surface area (Å²) in [6.45, 7) is 13.8. The summed E-state index contributed by atoms with van der Waals surface area (Å²) in [5.74, 6) is 0. The van der Waals surface area contributed by atoms with Gasteiger partial charge in [0.1, 0.15) is 0 Å². The average Bonchev–Trinajstić information content (AvgIpc) is 2.44. The van der Waals surface area contributed by atoms with Gasteiger partial charge < -0.3 is 10.6 Å². The van der Waals surface area contributed by atoms with Crippen molar-refractivity contribution in [1.82, 2.24) is 10.6 Å². The Balaban J connectivity index is 3.89. The van der Waals surface area contributed by atoms with Crippen molar-refractivity contribution in [3.8, 4) is 0 Å². The minimum atomic E-state index is 0.680. The highest BCUT2D eigenvalue weighted by Gasteiger charge is 1.93. The maximum atomic E-state index is 5.14. The van der Waals surface area contributed by atoms with E-state index in [9.17, 15) is 0 Å². The average molecular weight is 321 g/mol. The Bertz CT molecular complexity index is 427. The first-order valence-corrected chi connectivity index (χ1v) is 8.43. The lowest BCUT2D eigenvalue weighted by Crippen LogP contribution is -2.35. The molecule has 2 nitrogen and oxygen atoms in total. The van der Waals surface area contributed by atoms with Gasteiger partial charge in [-0.25, -0.2) is 0 Å². The molecule has 0 radical (unpaired) electrons. The summed E-state index contributed by atoms with van der Waals surface area (Å²) in [6.07, 6.45) is 13.2. The molecule has 0 aliphatic rings. The Hall–Kier alpha value is -1.35. The van der Waals surface area contributed by atoms with Crippen LogP contribution in [0.4, 0.5) is 0 Å². The van der Waals surface area contributed by atoms with Gasteiger partial charge in [0.2, 0.25) is 0 Å². The van der Waals surface area contributed by atoms with Crippen molar-refractivity contribution in [2.24, 2.45) is 0 Å². The Morgan fingerprint density at radius 3 is 2.00 bits per heavy atom. The Kier molecular flexibility index (Phi) is 12.5. The molecule has 124 valence electrons. The molecule has 0 aromatic rings. The molecule has 0 bridgehead atoms. The third-order valence-electron chi connectivity index (χ3n) is 3.24. The molecule has 0 amide bonds. The van der Waals surface area contributed by atoms with Crippen LogP contribution in [0.1, 0.15) is 53.4 Å². The molecule has 0 saturated carbocycles. The molecule has 0 atom stereocenters. The van der Waals surface area contributed by atoms with E-state index in [1.54, 1.807) is 6.08 Å². The van der Waals surface area contributed by atoms with E-state index >= 15 is 0 Å². The summed E-state index contributed by atoms with van der Waals surface area (Å²) in [6, 6.07) is 0. The Labute approximate surface area is 142 Å². The van der Waals surface area contributed by atoms with Gasteiger partial charge in [-0.3, -0.25) is 0 Å². The molecule has 0 rings (SSSR count). The Morgan fingerprint density at radius 2 is 1.41 bits per heavy atom. The molecule has 0 aliphatic heterocycles. The molecule has 0 heterocycles. The Morgan fingerprint density at radius 1 is 0.864 bits per heavy atom. The van der Waals surface area contributed by atoms with Gasteiger partial charge in [0.05, 0.1) is 0 Å². The fourth-order valence-corrected chi connectivity index (χ4v) is 2.05. The monoisotopic (exact) mass is 320 g/mol. The topological polar surface area (TPSA) is 24.1 Å². The first-order chi connectivity index (χ1) is 10.5. The predicted octanol–water partition coefficient (Wildman–Crippen LogP) is 5.06. The number of thiocarbonyl (C=S) groups is 1. The van der Waals surface area contributed by atoms with Gasteiger partial charge in [-0.2, -0.15) is 0 Å². The fraction of sp³-hybridized carbons (Fsp3) is 0.526. The molecule has 2 N–H and O–H groups in total. The minimum absolute atomic E-state index is 0.680. The second-order valence-electron chi connectivity index (χ2n) is 5.84. The van der Waals surface area contributed by atoms with E-state index in [0.29, 0.717) is 11.7 Å². The van der Waals surface area contributed by atoms with E-state index in [1.165, 1.54) is 23.1 Å². The summed E-state index contributed by atoms with van der Waals surface area (Å²) >= 11 is 5.14. The van der Waals surface area contributed by atoms with Crippen LogP contribution in [0.3, 0.4) is 0 Å². The van der Waals surface area contributed by atoms with Gasteiger partial charge in [-0.1, -0.05) is 41.0 Å². The predicted molar refractivity (Wildman–Crippen MR) is 104 cm³/mol. The number of rotatable bonds is 10. The second-order valence-corrected chi connectivity index (χ2v) is 6.25. The lowest BCUT2D eigenvalue weighted by Gasteiger charge is -2.07. The standard InChI is InChI=1S/C19H32N2S/c1-6-14-20-19(22)21-15-13-18(5)12-8-11-17(4)10-7-9-16(2)3/h6,9,11,13H,1,7-8,10,12,14-15H2,2-5H3,(H2,20,21,22)/b17-11+,18-13+. The van der Waals surface area contributed by atoms with Gasteiger partial charge in [0.15, 0.2) is 5.11 Å². The van der Waals surface area contributed by atoms with E-state index in [4.69, 9.17) is 12.2 Å². The van der Waals surface area contributed by atoms with Crippen molar-refractivity contribution in [3.05, 3.63) is 47.6 Å². The van der Waals surface area contributed by atoms with Crippen molar-refractivity contribution in [2.45, 2.75) is 53.4 Å². The molecular formula is C19H32N2S. The molecule has 0 aromatic carbocycles. The van der Waals surface area contributed by atoms with Crippen molar-refractivity contribution >= 4 is 17.3 Å². The zero-order valence-corrected chi connectivity index (χ0v) is 15.5. The van der Waals surface area contributed by atoms with Gasteiger partial charge in [0.25, 0.3) is 0 Å². The smallest absolute Gasteiger partial charge is 0.166 e. The number of hydrogen-bond acceptors (Lipinski definition) is 1. The van der Waals surface area contributed by atoms with Gasteiger partial charge in [-0.15, -0.1) is 6.58 Å². The molecular weight excluding hydrogens is 288 g/mol. The summed E-state index contributed by atoms with van der Waals surface area (Å²) in [5.41, 5.74) is 4.28. The van der Waals surface area contributed by atoms with Gasteiger partial charge in [-0.05, 0) is 65.6 Å². The lowest BCUT2D eigenvalue weighted by molar-refractivity contribution is 0.902. The second kappa shape index (κ2) is 13.3. The van der Waals surface area contributed by atoms with E-state index < -0.39 is 0 Å². The van der Waals surface area contributed by atoms with Crippen LogP contribution < -0.4 is 10.6 Å². The quantitative estimate of drug-likeness (QED) is 0.435. The van der Waals surface area contributed by atoms with Crippen molar-refractivity contribution in [2.75, 3.05) is 13.1 Å². The first-order valence-electron chi connectivity index (χ1n) is 8.03. The van der Waals surface area contributed by atoms with E-state index in [1.807, 2.05) is 0 Å². The fourth-order valence-electron chi connectivity index (χ4n) is 1.88. The van der Waals surface area contributed by atoms with Crippen LogP contribution in [-0.2, 0) is 0 Å². The zero-order chi connectivity index (χ0) is 16.8. The highest BCUT2D eigenvalue weighted by Crippen LogP contribution is 2.11. The number of allylic oxidation sites excluding steroid dienone is 5. The maximum absolute atomic E-state index is 5.14. The summed E-state index contributed by atoms with van der Waals surface area (Å²) in [7, 11) is 0. The maximum Gasteiger partial charge on any atom is 0.166 e. The summed E-state index contributed by atoms with van der Waals surface area (Å²) in [5, 5.41) is 6.89. The molecule has 0 spiro atoms. The van der Waals surface area contributed by atoms with Crippen molar-refractivity contribution < 1.29 is 0 Å². The van der Waals surface area contributed by atoms with Gasteiger partial charge in [0, 0.05) is 13.1 Å². The summed E-state index contributed by atoms with van der Waals surface area (Å²) < 4.78 is 0. The normalized spacial score (nSPS) is 11.8. The van der Waals surface area contributed by atoms with E-state index in [-0.39, 0.29) is 0 Å². The van der Waals surface area contributed by atoms with Gasteiger partial charge >= 0.3 is 0 Å². The lowest BCUT2D eigenvalue weighted by atomic mass is 10.1.